The van der Waals surface area contributed by atoms with Gasteiger partial charge in [0.05, 0.1) is 5.97 Å². The van der Waals surface area contributed by atoms with Crippen LogP contribution in [0.15, 0.2) is 0 Å². The summed E-state index contributed by atoms with van der Waals surface area (Å²) in [7, 11) is 0. The summed E-state index contributed by atoms with van der Waals surface area (Å²) < 4.78 is 35.6. The van der Waals surface area contributed by atoms with Crippen LogP contribution in [0.1, 0.15) is 19.8 Å². The highest BCUT2D eigenvalue weighted by Gasteiger charge is 2.54. The quantitative estimate of drug-likeness (QED) is 0.664. The molecule has 0 heterocycles. The molecule has 0 fully saturated rings. The van der Waals surface area contributed by atoms with Crippen molar-refractivity contribution in [3.05, 3.63) is 0 Å². The Morgan fingerprint density at radius 2 is 1.92 bits per heavy atom. The molecular weight excluding hydrogens is 177 g/mol. The molecular formula is C6H8F3O3-. The number of hydrogen-bond acceptors (Lipinski definition) is 3. The molecule has 3 nitrogen and oxygen atoms in total. The smallest absolute Gasteiger partial charge is 0.422 e. The van der Waals surface area contributed by atoms with Crippen LogP contribution in [0.25, 0.3) is 0 Å². The maximum absolute atomic E-state index is 11.9. The maximum atomic E-state index is 11.9. The monoisotopic (exact) mass is 185 g/mol. The zero-order valence-corrected chi connectivity index (χ0v) is 6.31. The van der Waals surface area contributed by atoms with Gasteiger partial charge in [0.1, 0.15) is 0 Å². The minimum Gasteiger partial charge on any atom is -0.547 e. The average Bonchev–Trinajstić information content (AvgIpc) is 1.85. The van der Waals surface area contributed by atoms with E-state index in [4.69, 9.17) is 5.11 Å². The number of halogens is 3. The molecule has 0 radical (unpaired) electrons. The van der Waals surface area contributed by atoms with E-state index in [2.05, 4.69) is 0 Å². The fourth-order valence-corrected chi connectivity index (χ4v) is 0.721. The molecule has 0 aromatic rings. The van der Waals surface area contributed by atoms with E-state index >= 15 is 0 Å². The van der Waals surface area contributed by atoms with Gasteiger partial charge in [0.2, 0.25) is 0 Å². The van der Waals surface area contributed by atoms with Gasteiger partial charge in [-0.15, -0.1) is 0 Å². The van der Waals surface area contributed by atoms with E-state index in [-0.39, 0.29) is 6.42 Å². The molecule has 0 aromatic carbocycles. The van der Waals surface area contributed by atoms with Crippen molar-refractivity contribution in [3.63, 3.8) is 0 Å². The Balaban J connectivity index is 4.75. The molecule has 0 saturated heterocycles. The number of alkyl halides is 3. The van der Waals surface area contributed by atoms with Gasteiger partial charge in [-0.3, -0.25) is 0 Å². The number of carbonyl (C=O) groups excluding carboxylic acids is 1. The Hall–Kier alpha value is -0.780. The molecule has 1 unspecified atom stereocenters. The van der Waals surface area contributed by atoms with E-state index in [1.807, 2.05) is 0 Å². The molecule has 12 heavy (non-hydrogen) atoms. The molecule has 72 valence electrons. The van der Waals surface area contributed by atoms with E-state index in [1.165, 1.54) is 6.92 Å². The first-order valence-corrected chi connectivity index (χ1v) is 3.26. The topological polar surface area (TPSA) is 60.4 Å². The van der Waals surface area contributed by atoms with Crippen LogP contribution >= 0.6 is 0 Å². The van der Waals surface area contributed by atoms with Crippen LogP contribution in [-0.4, -0.2) is 22.9 Å². The summed E-state index contributed by atoms with van der Waals surface area (Å²) in [5.74, 6) is -2.50. The SMILES string of the molecule is CCCC(O)(C(=O)[O-])C(F)(F)F. The summed E-state index contributed by atoms with van der Waals surface area (Å²) in [6.07, 6.45) is -6.16. The van der Waals surface area contributed by atoms with Crippen LogP contribution in [-0.2, 0) is 4.79 Å². The molecule has 1 N–H and O–H groups in total. The Labute approximate surface area is 66.8 Å². The van der Waals surface area contributed by atoms with Gasteiger partial charge >= 0.3 is 6.18 Å². The molecule has 0 rings (SSSR count). The van der Waals surface area contributed by atoms with Crippen molar-refractivity contribution < 1.29 is 28.2 Å². The predicted molar refractivity (Wildman–Crippen MR) is 30.9 cm³/mol. The highest BCUT2D eigenvalue weighted by Crippen LogP contribution is 2.33. The lowest BCUT2D eigenvalue weighted by Crippen LogP contribution is -2.58. The number of carboxylic acid groups (broad SMARTS) is 1. The molecule has 0 aliphatic heterocycles. The number of hydrogen-bond donors (Lipinski definition) is 1. The number of carboxylic acids is 1. The molecule has 0 amide bonds. The van der Waals surface area contributed by atoms with Crippen LogP contribution in [0, 0.1) is 0 Å². The van der Waals surface area contributed by atoms with E-state index in [9.17, 15) is 23.1 Å². The molecule has 0 aromatic heterocycles. The van der Waals surface area contributed by atoms with E-state index in [0.29, 0.717) is 0 Å². The van der Waals surface area contributed by atoms with Gasteiger partial charge in [-0.1, -0.05) is 13.3 Å². The third-order valence-corrected chi connectivity index (χ3v) is 1.42. The van der Waals surface area contributed by atoms with Crippen LogP contribution in [0.4, 0.5) is 13.2 Å². The summed E-state index contributed by atoms with van der Waals surface area (Å²) >= 11 is 0. The number of aliphatic carboxylic acids is 1. The largest absolute Gasteiger partial charge is 0.547 e. The summed E-state index contributed by atoms with van der Waals surface area (Å²) in [5, 5.41) is 18.6. The standard InChI is InChI=1S/C6H9F3O3/c1-2-3-5(12,4(10)11)6(7,8)9/h12H,2-3H2,1H3,(H,10,11)/p-1. The van der Waals surface area contributed by atoms with Gasteiger partial charge in [0, 0.05) is 0 Å². The lowest BCUT2D eigenvalue weighted by atomic mass is 9.98. The van der Waals surface area contributed by atoms with Gasteiger partial charge < -0.3 is 15.0 Å². The van der Waals surface area contributed by atoms with Crippen LogP contribution in [0.5, 0.6) is 0 Å². The first kappa shape index (κ1) is 11.2. The Kier molecular flexibility index (Phi) is 3.09. The van der Waals surface area contributed by atoms with Crippen molar-refractivity contribution in [2.24, 2.45) is 0 Å². The molecule has 0 spiro atoms. The Bertz CT molecular complexity index is 177. The normalized spacial score (nSPS) is 17.1. The molecule has 0 bridgehead atoms. The number of carbonyl (C=O) groups is 1. The minimum atomic E-state index is -5.18. The highest BCUT2D eigenvalue weighted by atomic mass is 19.4. The fourth-order valence-electron chi connectivity index (χ4n) is 0.721. The summed E-state index contributed by atoms with van der Waals surface area (Å²) in [4.78, 5) is 9.98. The van der Waals surface area contributed by atoms with Gasteiger partial charge in [-0.25, -0.2) is 0 Å². The van der Waals surface area contributed by atoms with E-state index < -0.39 is 24.2 Å². The lowest BCUT2D eigenvalue weighted by molar-refractivity contribution is -0.355. The fraction of sp³-hybridized carbons (Fsp3) is 0.833. The van der Waals surface area contributed by atoms with Crippen molar-refractivity contribution in [1.29, 1.82) is 0 Å². The Morgan fingerprint density at radius 1 is 1.50 bits per heavy atom. The van der Waals surface area contributed by atoms with Crippen molar-refractivity contribution in [3.8, 4) is 0 Å². The van der Waals surface area contributed by atoms with Gasteiger partial charge in [-0.2, -0.15) is 13.2 Å². The van der Waals surface area contributed by atoms with E-state index in [0.717, 1.165) is 0 Å². The zero-order chi connectivity index (χ0) is 9.99. The number of rotatable bonds is 3. The second kappa shape index (κ2) is 3.30. The van der Waals surface area contributed by atoms with E-state index in [1.54, 1.807) is 0 Å². The number of aliphatic hydroxyl groups is 1. The molecule has 0 saturated carbocycles. The predicted octanol–water partition coefficient (Wildman–Crippen LogP) is -0.170. The first-order valence-electron chi connectivity index (χ1n) is 3.26. The molecule has 0 aliphatic rings. The van der Waals surface area contributed by atoms with Gasteiger partial charge in [0.25, 0.3) is 0 Å². The second-order valence-electron chi connectivity index (χ2n) is 2.40. The molecule has 6 heteroatoms. The van der Waals surface area contributed by atoms with Gasteiger partial charge in [-0.05, 0) is 6.42 Å². The minimum absolute atomic E-state index is 0.0933. The van der Waals surface area contributed by atoms with Crippen molar-refractivity contribution in [2.75, 3.05) is 0 Å². The summed E-state index contributed by atoms with van der Waals surface area (Å²) in [6.45, 7) is 1.33. The third kappa shape index (κ3) is 1.88. The average molecular weight is 185 g/mol. The third-order valence-electron chi connectivity index (χ3n) is 1.42. The summed E-state index contributed by atoms with van der Waals surface area (Å²) in [6, 6.07) is 0. The Morgan fingerprint density at radius 3 is 2.00 bits per heavy atom. The maximum Gasteiger partial charge on any atom is 0.422 e. The van der Waals surface area contributed by atoms with Crippen molar-refractivity contribution in [2.45, 2.75) is 31.5 Å². The van der Waals surface area contributed by atoms with Crippen molar-refractivity contribution >= 4 is 5.97 Å². The van der Waals surface area contributed by atoms with Gasteiger partial charge in [0.15, 0.2) is 5.60 Å². The first-order chi connectivity index (χ1) is 5.25. The van der Waals surface area contributed by atoms with Crippen LogP contribution in [0.3, 0.4) is 0 Å². The zero-order valence-electron chi connectivity index (χ0n) is 6.31. The van der Waals surface area contributed by atoms with Crippen LogP contribution < -0.4 is 5.11 Å². The second-order valence-corrected chi connectivity index (χ2v) is 2.40. The van der Waals surface area contributed by atoms with Crippen LogP contribution in [0.2, 0.25) is 0 Å². The molecule has 1 atom stereocenters. The molecule has 0 aliphatic carbocycles. The lowest BCUT2D eigenvalue weighted by Gasteiger charge is -2.30. The summed E-state index contributed by atoms with van der Waals surface area (Å²) in [5.41, 5.74) is -3.71. The highest BCUT2D eigenvalue weighted by molar-refractivity contribution is 5.76. The van der Waals surface area contributed by atoms with Crippen molar-refractivity contribution in [1.82, 2.24) is 0 Å².